The number of amides is 6. The predicted molar refractivity (Wildman–Crippen MR) is 189 cm³/mol. The standard InChI is InChI=1S/C31H59N11O10/c1-17(37-29(51)23(32)18(2)45)25(47)38-21(11-9-12-36-31(33)34)26(48)39-20(10-7-8-14-42(4,5)6)27(49)40-22(16-44)28(50)41-24(19(3)46)30(52)35-13-15-43/h15,17-24,44-46H,7-14,16,32H2,1-6H3,(H9-,33,34,35,36,37,38,39,40,41,47,48,49,50,51,52)/p+1/t17-,18+,19+,20-,21-,22-,23-,24-/m0/s1. The summed E-state index contributed by atoms with van der Waals surface area (Å²) in [6.07, 6.45) is -0.835. The van der Waals surface area contributed by atoms with Crippen molar-refractivity contribution in [1.82, 2.24) is 31.9 Å². The summed E-state index contributed by atoms with van der Waals surface area (Å²) in [5.41, 5.74) is 16.4. The van der Waals surface area contributed by atoms with Gasteiger partial charge >= 0.3 is 0 Å². The van der Waals surface area contributed by atoms with Crippen molar-refractivity contribution < 1.29 is 53.4 Å². The van der Waals surface area contributed by atoms with Gasteiger partial charge in [0.05, 0.1) is 53.0 Å². The number of aliphatic hydroxyl groups is 3. The van der Waals surface area contributed by atoms with Crippen LogP contribution in [0, 0.1) is 0 Å². The summed E-state index contributed by atoms with van der Waals surface area (Å²) >= 11 is 0. The number of aliphatic hydroxyl groups excluding tert-OH is 3. The highest BCUT2D eigenvalue weighted by Gasteiger charge is 2.33. The highest BCUT2D eigenvalue weighted by Crippen LogP contribution is 2.08. The summed E-state index contributed by atoms with van der Waals surface area (Å²) < 4.78 is 0.627. The monoisotopic (exact) mass is 746 g/mol. The smallest absolute Gasteiger partial charge is 0.245 e. The summed E-state index contributed by atoms with van der Waals surface area (Å²) in [6, 6.07) is -8.18. The van der Waals surface area contributed by atoms with Gasteiger partial charge in [-0.25, -0.2) is 0 Å². The van der Waals surface area contributed by atoms with Crippen molar-refractivity contribution in [3.8, 4) is 0 Å². The largest absolute Gasteiger partial charge is 0.394 e. The van der Waals surface area contributed by atoms with Crippen LogP contribution in [0.3, 0.4) is 0 Å². The average Bonchev–Trinajstić information content (AvgIpc) is 3.05. The van der Waals surface area contributed by atoms with E-state index in [1.165, 1.54) is 20.8 Å². The molecule has 15 N–H and O–H groups in total. The van der Waals surface area contributed by atoms with E-state index in [2.05, 4.69) is 36.9 Å². The van der Waals surface area contributed by atoms with Crippen molar-refractivity contribution >= 4 is 47.7 Å². The van der Waals surface area contributed by atoms with Crippen LogP contribution in [0.25, 0.3) is 0 Å². The molecular formula is C31H60N11O10+. The zero-order valence-electron chi connectivity index (χ0n) is 30.9. The lowest BCUT2D eigenvalue weighted by Crippen LogP contribution is -2.61. The lowest BCUT2D eigenvalue weighted by atomic mass is 10.0. The normalized spacial score (nSPS) is 15.9. The van der Waals surface area contributed by atoms with Crippen LogP contribution in [0.1, 0.15) is 52.9 Å². The minimum atomic E-state index is -1.62. The van der Waals surface area contributed by atoms with Gasteiger partial charge in [0.25, 0.3) is 0 Å². The van der Waals surface area contributed by atoms with Crippen LogP contribution < -0.4 is 49.1 Å². The first-order chi connectivity index (χ1) is 24.1. The number of hydrogen-bond acceptors (Lipinski definition) is 12. The van der Waals surface area contributed by atoms with E-state index in [9.17, 15) is 48.9 Å². The van der Waals surface area contributed by atoms with Gasteiger partial charge in [0, 0.05) is 6.54 Å². The van der Waals surface area contributed by atoms with Gasteiger partial charge in [-0.3, -0.25) is 33.8 Å². The Bertz CT molecular complexity index is 1220. The first-order valence-corrected chi connectivity index (χ1v) is 17.0. The number of aldehydes is 1. The van der Waals surface area contributed by atoms with Crippen LogP contribution in [0.5, 0.6) is 0 Å². The summed E-state index contributed by atoms with van der Waals surface area (Å²) in [7, 11) is 5.94. The van der Waals surface area contributed by atoms with Gasteiger partial charge in [0.1, 0.15) is 42.5 Å². The van der Waals surface area contributed by atoms with Crippen molar-refractivity contribution in [1.29, 1.82) is 0 Å². The molecule has 0 aliphatic rings. The number of nitrogens with two attached hydrogens (primary N) is 3. The third kappa shape index (κ3) is 19.2. The number of hydrogen-bond donors (Lipinski definition) is 12. The zero-order valence-corrected chi connectivity index (χ0v) is 30.9. The van der Waals surface area contributed by atoms with E-state index < -0.39 is 90.5 Å². The van der Waals surface area contributed by atoms with Crippen molar-refractivity contribution in [2.45, 2.75) is 101 Å². The van der Waals surface area contributed by atoms with Gasteiger partial charge in [-0.1, -0.05) is 0 Å². The Morgan fingerprint density at radius 1 is 0.712 bits per heavy atom. The highest BCUT2D eigenvalue weighted by atomic mass is 16.3. The average molecular weight is 747 g/mol. The Morgan fingerprint density at radius 3 is 1.71 bits per heavy atom. The first-order valence-electron chi connectivity index (χ1n) is 17.0. The number of aliphatic imine (C=N–C) groups is 1. The number of carbonyl (C=O) groups excluding carboxylic acids is 7. The minimum Gasteiger partial charge on any atom is -0.394 e. The Morgan fingerprint density at radius 2 is 1.23 bits per heavy atom. The lowest BCUT2D eigenvalue weighted by molar-refractivity contribution is -0.870. The van der Waals surface area contributed by atoms with E-state index in [4.69, 9.17) is 17.2 Å². The second kappa shape index (κ2) is 23.9. The Kier molecular flexibility index (Phi) is 21.9. The van der Waals surface area contributed by atoms with Crippen LogP contribution in [0.4, 0.5) is 0 Å². The van der Waals surface area contributed by atoms with Crippen molar-refractivity contribution in [2.75, 3.05) is 47.4 Å². The molecule has 0 aromatic rings. The number of guanidine groups is 1. The van der Waals surface area contributed by atoms with Crippen LogP contribution in [0.15, 0.2) is 4.99 Å². The summed E-state index contributed by atoms with van der Waals surface area (Å²) in [5, 5.41) is 43.9. The highest BCUT2D eigenvalue weighted by molar-refractivity contribution is 5.96. The molecule has 0 rings (SSSR count). The van der Waals surface area contributed by atoms with Crippen molar-refractivity contribution in [2.24, 2.45) is 22.2 Å². The number of nitrogens with zero attached hydrogens (tertiary/aromatic N) is 2. The van der Waals surface area contributed by atoms with Gasteiger partial charge in [0.2, 0.25) is 35.4 Å². The van der Waals surface area contributed by atoms with Gasteiger partial charge in [-0.05, 0) is 52.9 Å². The second-order valence-electron chi connectivity index (χ2n) is 13.5. The van der Waals surface area contributed by atoms with Crippen molar-refractivity contribution in [3.05, 3.63) is 0 Å². The van der Waals surface area contributed by atoms with Gasteiger partial charge in [0.15, 0.2) is 5.96 Å². The van der Waals surface area contributed by atoms with E-state index in [-0.39, 0.29) is 38.3 Å². The van der Waals surface area contributed by atoms with Crippen LogP contribution in [-0.2, 0) is 33.6 Å². The number of nitrogens with one attached hydrogen (secondary N) is 6. The number of carbonyl (C=O) groups is 7. The molecule has 21 heteroatoms. The van der Waals surface area contributed by atoms with E-state index >= 15 is 0 Å². The molecule has 0 spiro atoms. The molecule has 0 fully saturated rings. The fourth-order valence-corrected chi connectivity index (χ4v) is 4.52. The summed E-state index contributed by atoms with van der Waals surface area (Å²) in [4.78, 5) is 92.4. The topological polar surface area (TPSA) is 343 Å². The van der Waals surface area contributed by atoms with Gasteiger partial charge in [-0.2, -0.15) is 0 Å². The molecule has 0 saturated heterocycles. The van der Waals surface area contributed by atoms with Crippen LogP contribution in [0.2, 0.25) is 0 Å². The molecule has 8 atom stereocenters. The molecule has 0 unspecified atom stereocenters. The molecule has 0 aromatic heterocycles. The molecule has 0 saturated carbocycles. The fourth-order valence-electron chi connectivity index (χ4n) is 4.52. The Balaban J connectivity index is 6.17. The van der Waals surface area contributed by atoms with Crippen LogP contribution in [-0.4, -0.2) is 163 Å². The minimum absolute atomic E-state index is 0.00732. The van der Waals surface area contributed by atoms with E-state index in [0.717, 1.165) is 6.54 Å². The Labute approximate surface area is 303 Å². The fraction of sp³-hybridized carbons (Fsp3) is 0.742. The predicted octanol–water partition coefficient (Wildman–Crippen LogP) is -6.24. The zero-order chi connectivity index (χ0) is 40.2. The molecule has 0 aliphatic carbocycles. The number of rotatable bonds is 25. The summed E-state index contributed by atoms with van der Waals surface area (Å²) in [5.74, 6) is -5.35. The van der Waals surface area contributed by atoms with Crippen LogP contribution >= 0.6 is 0 Å². The quantitative estimate of drug-likeness (QED) is 0.0136. The number of unbranched alkanes of at least 4 members (excludes halogenated alkanes) is 1. The van der Waals surface area contributed by atoms with Gasteiger partial charge < -0.3 is 73.7 Å². The molecule has 0 aliphatic heterocycles. The molecule has 0 heterocycles. The molecule has 0 bridgehead atoms. The molecule has 21 nitrogen and oxygen atoms in total. The molecule has 0 radical (unpaired) electrons. The molecule has 0 aromatic carbocycles. The van der Waals surface area contributed by atoms with E-state index in [1.807, 2.05) is 21.1 Å². The number of quaternary nitrogens is 1. The molecule has 6 amide bonds. The first kappa shape index (κ1) is 47.6. The van der Waals surface area contributed by atoms with Gasteiger partial charge in [-0.15, -0.1) is 0 Å². The summed E-state index contributed by atoms with van der Waals surface area (Å²) in [6.45, 7) is 3.38. The molecule has 52 heavy (non-hydrogen) atoms. The lowest BCUT2D eigenvalue weighted by Gasteiger charge is -2.27. The molecular weight excluding hydrogens is 686 g/mol. The maximum atomic E-state index is 13.7. The van der Waals surface area contributed by atoms with Crippen molar-refractivity contribution in [3.63, 3.8) is 0 Å². The Hall–Kier alpha value is -4.44. The maximum absolute atomic E-state index is 13.7. The van der Waals surface area contributed by atoms with E-state index in [0.29, 0.717) is 23.6 Å². The maximum Gasteiger partial charge on any atom is 0.245 e. The van der Waals surface area contributed by atoms with E-state index in [1.54, 1.807) is 0 Å². The molecule has 298 valence electrons. The SMILES string of the molecule is C[C@H](NC(=O)[C@@H](N)[C@@H](C)O)C(=O)N[C@@H](CCCN=C(N)N)C(=O)N[C@@H](CCCC[N+](C)(C)C)C(=O)N[C@@H](CO)C(=O)N[C@H](C(=O)NCC=O)[C@@H](C)O. The third-order valence-electron chi connectivity index (χ3n) is 7.60. The third-order valence-corrected chi connectivity index (χ3v) is 7.60. The second-order valence-corrected chi connectivity index (χ2v) is 13.5.